The molecule has 220 valence electrons. The molecule has 2 aliphatic heterocycles. The molecule has 0 radical (unpaired) electrons. The predicted octanol–water partition coefficient (Wildman–Crippen LogP) is 8.78. The topological polar surface area (TPSA) is 46.5 Å². The zero-order chi connectivity index (χ0) is 28.6. The second-order valence-electron chi connectivity index (χ2n) is 10.7. The first-order valence-corrected chi connectivity index (χ1v) is 15.6. The molecule has 5 heteroatoms. The minimum atomic E-state index is 0. The largest absolute Gasteiger partial charge is 0.355 e. The Morgan fingerprint density at radius 1 is 0.634 bits per heavy atom. The molecule has 0 atom stereocenters. The van der Waals surface area contributed by atoms with E-state index in [0.717, 1.165) is 74.3 Å². The Kier molecular flexibility index (Phi) is 9.96. The van der Waals surface area contributed by atoms with Crippen LogP contribution < -0.4 is 0 Å². The van der Waals surface area contributed by atoms with Gasteiger partial charge < -0.3 is 14.5 Å². The number of hydrogen-bond acceptors (Lipinski definition) is 2. The molecule has 3 aromatic rings. The normalized spacial score (nSPS) is 12.3. The van der Waals surface area contributed by atoms with Gasteiger partial charge in [-0.25, -0.2) is 4.98 Å². The van der Waals surface area contributed by atoms with E-state index in [-0.39, 0.29) is 21.1 Å². The van der Waals surface area contributed by atoms with Gasteiger partial charge in [0.2, 0.25) is 0 Å². The maximum absolute atomic E-state index is 5.23. The number of fused-ring (bicyclic) bond motifs is 8. The van der Waals surface area contributed by atoms with E-state index in [1.165, 1.54) is 61.0 Å². The van der Waals surface area contributed by atoms with Gasteiger partial charge in [0.15, 0.2) is 0 Å². The smallest absolute Gasteiger partial charge is 0.0689 e. The van der Waals surface area contributed by atoms with Crippen LogP contribution in [0.15, 0.2) is 6.07 Å². The number of aryl methyl sites for hydroxylation is 7. The summed E-state index contributed by atoms with van der Waals surface area (Å²) in [4.78, 5) is 14.4. The third-order valence-electron chi connectivity index (χ3n) is 8.82. The van der Waals surface area contributed by atoms with Crippen LogP contribution in [-0.2, 0) is 72.6 Å². The number of hydrogen-bond donors (Lipinski definition) is 1. The van der Waals surface area contributed by atoms with Crippen molar-refractivity contribution >= 4 is 40.3 Å². The summed E-state index contributed by atoms with van der Waals surface area (Å²) in [6, 6.07) is 2.39. The SMILES string of the molecule is CCc1c2nc(c(CC)c3c(CC)c(CC)c(c(CC)c4[nH]c(cc4CC)c(CC)c4nc1C=C4)n3CC)[C-]=C2.[Pt]. The van der Waals surface area contributed by atoms with Crippen molar-refractivity contribution < 1.29 is 21.1 Å². The molecule has 0 saturated carbocycles. The standard InChI is InChI=1S/C36H45N4.Pt/c1-9-22-21-33-26(13-5)31-18-17-29(37-31)25(12-4)30-19-20-32(38-30)27(14-6)35-23(10-2)24(11-3)36(40(35)16-8)28(15-7)34(22)39-33;/h17-19,21,39H,9-16H2,1-8H3;/q-1;. The van der Waals surface area contributed by atoms with Crippen molar-refractivity contribution in [1.82, 2.24) is 19.5 Å². The van der Waals surface area contributed by atoms with Gasteiger partial charge in [0.1, 0.15) is 0 Å². The first-order valence-electron chi connectivity index (χ1n) is 15.6. The van der Waals surface area contributed by atoms with E-state index in [1.54, 1.807) is 0 Å². The molecule has 8 bridgehead atoms. The monoisotopic (exact) mass is 728 g/mol. The molecule has 0 amide bonds. The van der Waals surface area contributed by atoms with E-state index < -0.39 is 0 Å². The Morgan fingerprint density at radius 3 is 1.73 bits per heavy atom. The average molecular weight is 729 g/mol. The molecule has 4 nitrogen and oxygen atoms in total. The first kappa shape index (κ1) is 31.2. The molecule has 0 saturated heterocycles. The summed E-state index contributed by atoms with van der Waals surface area (Å²) >= 11 is 0. The van der Waals surface area contributed by atoms with Gasteiger partial charge in [0, 0.05) is 49.7 Å². The quantitative estimate of drug-likeness (QED) is 0.163. The Hall–Kier alpha value is -2.71. The van der Waals surface area contributed by atoms with Crippen molar-refractivity contribution in [3.05, 3.63) is 73.9 Å². The molecule has 0 spiro atoms. The number of aromatic amines is 1. The van der Waals surface area contributed by atoms with Gasteiger partial charge in [0.25, 0.3) is 0 Å². The Bertz CT molecular complexity index is 1680. The minimum absolute atomic E-state index is 0. The molecular formula is C36H45N4Pt-. The number of rotatable bonds is 8. The van der Waals surface area contributed by atoms with E-state index in [4.69, 9.17) is 9.97 Å². The first-order chi connectivity index (χ1) is 19.5. The minimum Gasteiger partial charge on any atom is -0.355 e. The maximum Gasteiger partial charge on any atom is 0.0689 e. The van der Waals surface area contributed by atoms with Crippen molar-refractivity contribution in [2.75, 3.05) is 0 Å². The fraction of sp³-hybridized carbons (Fsp3) is 0.444. The van der Waals surface area contributed by atoms with Crippen molar-refractivity contribution in [3.8, 4) is 0 Å². The fourth-order valence-electron chi connectivity index (χ4n) is 6.94. The molecule has 0 fully saturated rings. The molecule has 3 aromatic heterocycles. The molecule has 0 aliphatic carbocycles. The Labute approximate surface area is 260 Å². The zero-order valence-electron chi connectivity index (χ0n) is 26.1. The van der Waals surface area contributed by atoms with Gasteiger partial charge in [-0.05, 0) is 97.1 Å². The van der Waals surface area contributed by atoms with Crippen LogP contribution in [0, 0.1) is 6.08 Å². The second-order valence-corrected chi connectivity index (χ2v) is 10.7. The number of nitrogens with zero attached hydrogens (tertiary/aromatic N) is 3. The van der Waals surface area contributed by atoms with Crippen LogP contribution in [0.25, 0.3) is 40.3 Å². The molecule has 0 aromatic carbocycles. The van der Waals surface area contributed by atoms with Crippen molar-refractivity contribution in [1.29, 1.82) is 0 Å². The summed E-state index contributed by atoms with van der Waals surface area (Å²) in [6.45, 7) is 19.1. The summed E-state index contributed by atoms with van der Waals surface area (Å²) in [5.74, 6) is 0. The molecule has 0 unspecified atom stereocenters. The second kappa shape index (κ2) is 13.1. The van der Waals surface area contributed by atoms with Crippen LogP contribution in [0.1, 0.15) is 117 Å². The molecular weight excluding hydrogens is 684 g/mol. The van der Waals surface area contributed by atoms with Crippen LogP contribution in [0.4, 0.5) is 0 Å². The van der Waals surface area contributed by atoms with Gasteiger partial charge in [0.05, 0.1) is 11.4 Å². The molecule has 5 heterocycles. The molecule has 2 aliphatic rings. The van der Waals surface area contributed by atoms with Crippen LogP contribution in [-0.4, -0.2) is 19.5 Å². The number of H-pyrrole nitrogens is 1. The van der Waals surface area contributed by atoms with Crippen LogP contribution >= 0.6 is 0 Å². The fourth-order valence-corrected chi connectivity index (χ4v) is 6.94. The molecule has 5 rings (SSSR count). The van der Waals surface area contributed by atoms with Crippen molar-refractivity contribution in [2.45, 2.75) is 107 Å². The van der Waals surface area contributed by atoms with Gasteiger partial charge in [-0.2, -0.15) is 6.08 Å². The third-order valence-corrected chi connectivity index (χ3v) is 8.82. The summed E-state index contributed by atoms with van der Waals surface area (Å²) in [5, 5.41) is 0. The van der Waals surface area contributed by atoms with Crippen molar-refractivity contribution in [2.24, 2.45) is 0 Å². The zero-order valence-corrected chi connectivity index (χ0v) is 28.4. The van der Waals surface area contributed by atoms with Crippen LogP contribution in [0.2, 0.25) is 0 Å². The van der Waals surface area contributed by atoms with Crippen molar-refractivity contribution in [3.63, 3.8) is 0 Å². The Morgan fingerprint density at radius 2 is 1.20 bits per heavy atom. The van der Waals surface area contributed by atoms with E-state index in [9.17, 15) is 0 Å². The van der Waals surface area contributed by atoms with E-state index in [2.05, 4.69) is 95.3 Å². The predicted molar refractivity (Wildman–Crippen MR) is 172 cm³/mol. The number of nitrogens with one attached hydrogen (secondary N) is 1. The van der Waals surface area contributed by atoms with Gasteiger partial charge in [-0.3, -0.25) is 0 Å². The van der Waals surface area contributed by atoms with E-state index in [1.807, 2.05) is 0 Å². The van der Waals surface area contributed by atoms with Gasteiger partial charge in [-0.1, -0.05) is 71.7 Å². The number of aromatic nitrogens is 4. The maximum atomic E-state index is 5.23. The summed E-state index contributed by atoms with van der Waals surface area (Å²) in [6.07, 6.45) is 16.7. The third kappa shape index (κ3) is 5.11. The van der Waals surface area contributed by atoms with E-state index in [0.29, 0.717) is 0 Å². The molecule has 1 N–H and O–H groups in total. The van der Waals surface area contributed by atoms with Gasteiger partial charge >= 0.3 is 0 Å². The summed E-state index contributed by atoms with van der Waals surface area (Å²) < 4.78 is 2.60. The van der Waals surface area contributed by atoms with Crippen LogP contribution in [0.3, 0.4) is 0 Å². The van der Waals surface area contributed by atoms with E-state index >= 15 is 0 Å². The van der Waals surface area contributed by atoms with Crippen LogP contribution in [0.5, 0.6) is 0 Å². The van der Waals surface area contributed by atoms with Gasteiger partial charge in [-0.15, -0.1) is 6.08 Å². The average Bonchev–Trinajstić information content (AvgIpc) is 3.77. The molecule has 41 heavy (non-hydrogen) atoms. The summed E-state index contributed by atoms with van der Waals surface area (Å²) in [7, 11) is 0. The summed E-state index contributed by atoms with van der Waals surface area (Å²) in [5.41, 5.74) is 18.8. The Balaban J connectivity index is 0.00000387.